The SMILES string of the molecule is COc1ccc(Br)cc1C(CN)N(C)c1ccc(C)cc1. The van der Waals surface area contributed by atoms with Gasteiger partial charge in [-0.1, -0.05) is 33.6 Å². The molecular formula is C17H21BrN2O. The Hall–Kier alpha value is -1.52. The zero-order valence-corrected chi connectivity index (χ0v) is 14.2. The van der Waals surface area contributed by atoms with Crippen molar-refractivity contribution in [2.24, 2.45) is 5.73 Å². The number of likely N-dealkylation sites (N-methyl/N-ethyl adjacent to an activating group) is 1. The first-order chi connectivity index (χ1) is 10.1. The van der Waals surface area contributed by atoms with Gasteiger partial charge in [0.15, 0.2) is 0 Å². The van der Waals surface area contributed by atoms with Crippen molar-refractivity contribution in [2.75, 3.05) is 25.6 Å². The van der Waals surface area contributed by atoms with E-state index < -0.39 is 0 Å². The topological polar surface area (TPSA) is 38.5 Å². The number of rotatable bonds is 5. The van der Waals surface area contributed by atoms with E-state index in [1.54, 1.807) is 7.11 Å². The number of hydrogen-bond donors (Lipinski definition) is 1. The zero-order chi connectivity index (χ0) is 15.4. The van der Waals surface area contributed by atoms with Crippen LogP contribution in [0.1, 0.15) is 17.2 Å². The molecule has 112 valence electrons. The Kier molecular flexibility index (Phi) is 5.26. The third-order valence-corrected chi connectivity index (χ3v) is 4.18. The minimum atomic E-state index is 0.0557. The van der Waals surface area contributed by atoms with Gasteiger partial charge in [0.2, 0.25) is 0 Å². The number of methoxy groups -OCH3 is 1. The highest BCUT2D eigenvalue weighted by Gasteiger charge is 2.20. The maximum Gasteiger partial charge on any atom is 0.124 e. The summed E-state index contributed by atoms with van der Waals surface area (Å²) in [6, 6.07) is 14.5. The predicted molar refractivity (Wildman–Crippen MR) is 92.1 cm³/mol. The largest absolute Gasteiger partial charge is 0.496 e. The van der Waals surface area contributed by atoms with Crippen molar-refractivity contribution in [3.8, 4) is 5.75 Å². The highest BCUT2D eigenvalue weighted by molar-refractivity contribution is 9.10. The van der Waals surface area contributed by atoms with Crippen molar-refractivity contribution >= 4 is 21.6 Å². The second-order valence-electron chi connectivity index (χ2n) is 5.08. The lowest BCUT2D eigenvalue weighted by atomic mass is 10.0. The average Bonchev–Trinajstić information content (AvgIpc) is 2.49. The highest BCUT2D eigenvalue weighted by atomic mass is 79.9. The smallest absolute Gasteiger partial charge is 0.124 e. The number of benzene rings is 2. The van der Waals surface area contributed by atoms with Gasteiger partial charge in [-0.25, -0.2) is 0 Å². The summed E-state index contributed by atoms with van der Waals surface area (Å²) in [5.74, 6) is 0.854. The summed E-state index contributed by atoms with van der Waals surface area (Å²) < 4.78 is 6.51. The quantitative estimate of drug-likeness (QED) is 0.890. The molecule has 0 heterocycles. The molecular weight excluding hydrogens is 328 g/mol. The van der Waals surface area contributed by atoms with E-state index in [9.17, 15) is 0 Å². The Morgan fingerprint density at radius 1 is 1.19 bits per heavy atom. The van der Waals surface area contributed by atoms with E-state index >= 15 is 0 Å². The first-order valence-electron chi connectivity index (χ1n) is 6.89. The van der Waals surface area contributed by atoms with Crippen LogP contribution in [0.15, 0.2) is 46.9 Å². The van der Waals surface area contributed by atoms with Crippen molar-refractivity contribution in [1.82, 2.24) is 0 Å². The lowest BCUT2D eigenvalue weighted by Gasteiger charge is -2.30. The van der Waals surface area contributed by atoms with Crippen LogP contribution in [-0.2, 0) is 0 Å². The first kappa shape index (κ1) is 15.9. The molecule has 2 rings (SSSR count). The fourth-order valence-electron chi connectivity index (χ4n) is 2.42. The van der Waals surface area contributed by atoms with Crippen LogP contribution >= 0.6 is 15.9 Å². The molecule has 0 radical (unpaired) electrons. The Balaban J connectivity index is 2.39. The highest BCUT2D eigenvalue weighted by Crippen LogP contribution is 2.33. The number of halogens is 1. The number of nitrogens with zero attached hydrogens (tertiary/aromatic N) is 1. The molecule has 0 aromatic heterocycles. The van der Waals surface area contributed by atoms with Crippen LogP contribution in [-0.4, -0.2) is 20.7 Å². The van der Waals surface area contributed by atoms with Gasteiger partial charge in [0, 0.05) is 29.3 Å². The van der Waals surface area contributed by atoms with Gasteiger partial charge in [-0.15, -0.1) is 0 Å². The number of hydrogen-bond acceptors (Lipinski definition) is 3. The number of anilines is 1. The molecule has 0 saturated heterocycles. The molecule has 0 amide bonds. The van der Waals surface area contributed by atoms with Crippen molar-refractivity contribution in [3.05, 3.63) is 58.1 Å². The summed E-state index contributed by atoms with van der Waals surface area (Å²) in [6.07, 6.45) is 0. The van der Waals surface area contributed by atoms with E-state index in [1.807, 2.05) is 12.1 Å². The van der Waals surface area contributed by atoms with E-state index in [0.717, 1.165) is 21.5 Å². The third-order valence-electron chi connectivity index (χ3n) is 3.68. The Morgan fingerprint density at radius 2 is 1.86 bits per heavy atom. The summed E-state index contributed by atoms with van der Waals surface area (Å²) in [4.78, 5) is 2.18. The van der Waals surface area contributed by atoms with Gasteiger partial charge < -0.3 is 15.4 Å². The van der Waals surface area contributed by atoms with Crippen LogP contribution < -0.4 is 15.4 Å². The molecule has 0 bridgehead atoms. The van der Waals surface area contributed by atoms with Crippen LogP contribution in [0, 0.1) is 6.92 Å². The Bertz CT molecular complexity index is 598. The lowest BCUT2D eigenvalue weighted by Crippen LogP contribution is -2.30. The molecule has 2 aromatic carbocycles. The van der Waals surface area contributed by atoms with Crippen molar-refractivity contribution in [2.45, 2.75) is 13.0 Å². The zero-order valence-electron chi connectivity index (χ0n) is 12.6. The van der Waals surface area contributed by atoms with Crippen molar-refractivity contribution in [1.29, 1.82) is 0 Å². The summed E-state index contributed by atoms with van der Waals surface area (Å²) in [5, 5.41) is 0. The standard InChI is InChI=1S/C17H21BrN2O/c1-12-4-7-14(8-5-12)20(2)16(11-19)15-10-13(18)6-9-17(15)21-3/h4-10,16H,11,19H2,1-3H3. The van der Waals surface area contributed by atoms with E-state index in [1.165, 1.54) is 5.56 Å². The van der Waals surface area contributed by atoms with E-state index in [-0.39, 0.29) is 6.04 Å². The average molecular weight is 349 g/mol. The number of nitrogens with two attached hydrogens (primary N) is 1. The predicted octanol–water partition coefficient (Wildman–Crippen LogP) is 3.90. The van der Waals surface area contributed by atoms with Crippen LogP contribution in [0.2, 0.25) is 0 Å². The van der Waals surface area contributed by atoms with Gasteiger partial charge in [0.25, 0.3) is 0 Å². The summed E-state index contributed by atoms with van der Waals surface area (Å²) in [5.41, 5.74) is 9.50. The van der Waals surface area contributed by atoms with Crippen LogP contribution in [0.3, 0.4) is 0 Å². The Morgan fingerprint density at radius 3 is 2.43 bits per heavy atom. The van der Waals surface area contributed by atoms with E-state index in [2.05, 4.69) is 65.1 Å². The fraction of sp³-hybridized carbons (Fsp3) is 0.294. The molecule has 0 aliphatic heterocycles. The monoisotopic (exact) mass is 348 g/mol. The molecule has 0 aliphatic carbocycles. The molecule has 0 aliphatic rings. The summed E-state index contributed by atoms with van der Waals surface area (Å²) >= 11 is 3.52. The summed E-state index contributed by atoms with van der Waals surface area (Å²) in [6.45, 7) is 2.60. The second-order valence-corrected chi connectivity index (χ2v) is 6.00. The molecule has 1 unspecified atom stereocenters. The van der Waals surface area contributed by atoms with Gasteiger partial charge >= 0.3 is 0 Å². The van der Waals surface area contributed by atoms with Crippen molar-refractivity contribution < 1.29 is 4.74 Å². The van der Waals surface area contributed by atoms with Gasteiger partial charge in [0.1, 0.15) is 5.75 Å². The number of ether oxygens (including phenoxy) is 1. The molecule has 1 atom stereocenters. The maximum absolute atomic E-state index is 6.03. The molecule has 4 heteroatoms. The second kappa shape index (κ2) is 6.96. The minimum Gasteiger partial charge on any atom is -0.496 e. The number of aryl methyl sites for hydroxylation is 1. The third kappa shape index (κ3) is 3.57. The Labute approximate surface area is 134 Å². The summed E-state index contributed by atoms with van der Waals surface area (Å²) in [7, 11) is 3.74. The minimum absolute atomic E-state index is 0.0557. The maximum atomic E-state index is 6.03. The molecule has 0 saturated carbocycles. The molecule has 0 fully saturated rings. The van der Waals surface area contributed by atoms with Crippen LogP contribution in [0.5, 0.6) is 5.75 Å². The fourth-order valence-corrected chi connectivity index (χ4v) is 2.80. The normalized spacial score (nSPS) is 12.0. The van der Waals surface area contributed by atoms with Gasteiger partial charge in [-0.3, -0.25) is 0 Å². The van der Waals surface area contributed by atoms with E-state index in [4.69, 9.17) is 10.5 Å². The molecule has 21 heavy (non-hydrogen) atoms. The van der Waals surface area contributed by atoms with Gasteiger partial charge in [0.05, 0.1) is 13.2 Å². The first-order valence-corrected chi connectivity index (χ1v) is 7.69. The van der Waals surface area contributed by atoms with Gasteiger partial charge in [-0.05, 0) is 37.3 Å². The van der Waals surface area contributed by atoms with Crippen LogP contribution in [0.4, 0.5) is 5.69 Å². The van der Waals surface area contributed by atoms with Crippen molar-refractivity contribution in [3.63, 3.8) is 0 Å². The van der Waals surface area contributed by atoms with Gasteiger partial charge in [-0.2, -0.15) is 0 Å². The van der Waals surface area contributed by atoms with E-state index in [0.29, 0.717) is 6.54 Å². The lowest BCUT2D eigenvalue weighted by molar-refractivity contribution is 0.405. The molecule has 2 aromatic rings. The van der Waals surface area contributed by atoms with Crippen LogP contribution in [0.25, 0.3) is 0 Å². The molecule has 0 spiro atoms. The molecule has 2 N–H and O–H groups in total. The molecule has 3 nitrogen and oxygen atoms in total.